The molecule has 5 rings (SSSR count). The summed E-state index contributed by atoms with van der Waals surface area (Å²) in [7, 11) is 0. The molecule has 1 atom stereocenters. The van der Waals surface area contributed by atoms with Crippen molar-refractivity contribution in [2.45, 2.75) is 13.0 Å². The summed E-state index contributed by atoms with van der Waals surface area (Å²) in [6.07, 6.45) is 0. The number of allylic oxidation sites excluding steroid dienone is 1. The molecule has 0 bridgehead atoms. The van der Waals surface area contributed by atoms with Gasteiger partial charge in [0.05, 0.1) is 22.2 Å². The Labute approximate surface area is 198 Å². The van der Waals surface area contributed by atoms with E-state index in [1.54, 1.807) is 35.2 Å². The molecule has 1 aliphatic rings. The molecule has 3 heterocycles. The van der Waals surface area contributed by atoms with E-state index < -0.39 is 6.04 Å². The number of carbonyl (C=O) groups excluding carboxylic acids is 1. The van der Waals surface area contributed by atoms with Crippen molar-refractivity contribution in [2.75, 3.05) is 4.90 Å². The lowest BCUT2D eigenvalue weighted by atomic mass is 9.94. The van der Waals surface area contributed by atoms with Crippen LogP contribution in [0.3, 0.4) is 0 Å². The molecule has 0 saturated carbocycles. The fourth-order valence-electron chi connectivity index (χ4n) is 3.70. The number of nitrogens with one attached hydrogen (secondary N) is 1. The van der Waals surface area contributed by atoms with Crippen LogP contribution >= 0.6 is 34.5 Å². The highest BCUT2D eigenvalue weighted by Crippen LogP contribution is 2.40. The quantitative estimate of drug-likeness (QED) is 0.346. The molecule has 0 saturated heterocycles. The van der Waals surface area contributed by atoms with Gasteiger partial charge < -0.3 is 9.84 Å². The van der Waals surface area contributed by atoms with Gasteiger partial charge in [-0.25, -0.2) is 4.79 Å². The highest BCUT2D eigenvalue weighted by Gasteiger charge is 2.36. The van der Waals surface area contributed by atoms with Gasteiger partial charge >= 0.3 is 6.03 Å². The fourth-order valence-corrected chi connectivity index (χ4v) is 4.67. The summed E-state index contributed by atoms with van der Waals surface area (Å²) in [4.78, 5) is 20.3. The van der Waals surface area contributed by atoms with Gasteiger partial charge in [-0.05, 0) is 60.3 Å². The van der Waals surface area contributed by atoms with Crippen LogP contribution in [0.4, 0.5) is 10.5 Å². The number of halogens is 2. The smallest absolute Gasteiger partial charge is 0.326 e. The van der Waals surface area contributed by atoms with Gasteiger partial charge in [0.25, 0.3) is 5.89 Å². The van der Waals surface area contributed by atoms with Crippen molar-refractivity contribution in [3.8, 4) is 10.7 Å². The van der Waals surface area contributed by atoms with E-state index in [2.05, 4.69) is 15.5 Å². The number of thiophene rings is 1. The van der Waals surface area contributed by atoms with Crippen molar-refractivity contribution < 1.29 is 9.32 Å². The lowest BCUT2D eigenvalue weighted by Gasteiger charge is -2.35. The van der Waals surface area contributed by atoms with E-state index >= 15 is 0 Å². The molecule has 32 heavy (non-hydrogen) atoms. The molecule has 0 fully saturated rings. The number of hydrogen-bond acceptors (Lipinski definition) is 5. The SMILES string of the molecule is CC1=C(c2nc(-c3cccs3)no2)C(c2cccc(Cl)c2)NC(=O)N1c1ccc(Cl)cc1. The predicted octanol–water partition coefficient (Wildman–Crippen LogP) is 6.81. The van der Waals surface area contributed by atoms with Crippen molar-refractivity contribution >= 4 is 51.8 Å². The first kappa shape index (κ1) is 20.8. The maximum Gasteiger partial charge on any atom is 0.326 e. The summed E-state index contributed by atoms with van der Waals surface area (Å²) in [5.41, 5.74) is 2.84. The Balaban J connectivity index is 1.67. The maximum atomic E-state index is 13.2. The summed E-state index contributed by atoms with van der Waals surface area (Å²) in [5, 5.41) is 10.3. The minimum absolute atomic E-state index is 0.281. The van der Waals surface area contributed by atoms with Gasteiger partial charge in [0.1, 0.15) is 0 Å². The minimum atomic E-state index is -0.513. The van der Waals surface area contributed by atoms with E-state index in [9.17, 15) is 4.79 Å². The molecule has 4 aromatic rings. The predicted molar refractivity (Wildman–Crippen MR) is 127 cm³/mol. The van der Waals surface area contributed by atoms with Gasteiger partial charge in [0.15, 0.2) is 0 Å². The number of urea groups is 1. The molecule has 6 nitrogen and oxygen atoms in total. The van der Waals surface area contributed by atoms with Crippen LogP contribution in [-0.4, -0.2) is 16.2 Å². The lowest BCUT2D eigenvalue weighted by molar-refractivity contribution is 0.244. The molecular weight excluding hydrogens is 467 g/mol. The zero-order chi connectivity index (χ0) is 22.2. The molecule has 1 unspecified atom stereocenters. The highest BCUT2D eigenvalue weighted by atomic mass is 35.5. The van der Waals surface area contributed by atoms with Gasteiger partial charge in [-0.1, -0.05) is 46.6 Å². The Hall–Kier alpha value is -3.13. The monoisotopic (exact) mass is 482 g/mol. The minimum Gasteiger partial charge on any atom is -0.334 e. The van der Waals surface area contributed by atoms with Crippen molar-refractivity contribution in [3.05, 3.63) is 93.2 Å². The van der Waals surface area contributed by atoms with Crippen LogP contribution in [0, 0.1) is 0 Å². The van der Waals surface area contributed by atoms with Crippen LogP contribution in [0.2, 0.25) is 10.0 Å². The first-order chi connectivity index (χ1) is 15.5. The molecule has 160 valence electrons. The topological polar surface area (TPSA) is 71.3 Å². The number of aromatic nitrogens is 2. The number of nitrogens with zero attached hydrogens (tertiary/aromatic N) is 3. The molecule has 1 aliphatic heterocycles. The number of amides is 2. The van der Waals surface area contributed by atoms with E-state index in [1.807, 2.05) is 42.6 Å². The van der Waals surface area contributed by atoms with Crippen LogP contribution < -0.4 is 10.2 Å². The lowest BCUT2D eigenvalue weighted by Crippen LogP contribution is -2.46. The van der Waals surface area contributed by atoms with Crippen LogP contribution in [0.15, 0.2) is 76.3 Å². The number of benzene rings is 2. The largest absolute Gasteiger partial charge is 0.334 e. The van der Waals surface area contributed by atoms with E-state index in [1.165, 1.54) is 11.3 Å². The third-order valence-corrected chi connectivity index (χ3v) is 6.50. The van der Waals surface area contributed by atoms with Gasteiger partial charge in [-0.3, -0.25) is 4.90 Å². The van der Waals surface area contributed by atoms with Crippen molar-refractivity contribution in [1.29, 1.82) is 0 Å². The zero-order valence-electron chi connectivity index (χ0n) is 16.8. The highest BCUT2D eigenvalue weighted by molar-refractivity contribution is 7.13. The maximum absolute atomic E-state index is 13.2. The van der Waals surface area contributed by atoms with Gasteiger partial charge in [0.2, 0.25) is 5.82 Å². The van der Waals surface area contributed by atoms with Crippen molar-refractivity contribution in [2.24, 2.45) is 0 Å². The van der Waals surface area contributed by atoms with E-state index in [4.69, 9.17) is 27.7 Å². The number of anilines is 1. The van der Waals surface area contributed by atoms with Crippen molar-refractivity contribution in [1.82, 2.24) is 15.5 Å². The van der Waals surface area contributed by atoms with Crippen LogP contribution in [-0.2, 0) is 0 Å². The molecular formula is C23H16Cl2N4O2S. The first-order valence-electron chi connectivity index (χ1n) is 9.71. The number of hydrogen-bond donors (Lipinski definition) is 1. The number of carbonyl (C=O) groups is 1. The molecule has 9 heteroatoms. The Morgan fingerprint density at radius 3 is 2.59 bits per heavy atom. The molecule has 0 spiro atoms. The van der Waals surface area contributed by atoms with Crippen molar-refractivity contribution in [3.63, 3.8) is 0 Å². The van der Waals surface area contributed by atoms with E-state index in [-0.39, 0.29) is 6.03 Å². The Kier molecular flexibility index (Phi) is 5.46. The number of rotatable bonds is 4. The summed E-state index contributed by atoms with van der Waals surface area (Å²) in [6, 6.07) is 17.5. The zero-order valence-corrected chi connectivity index (χ0v) is 19.1. The average Bonchev–Trinajstić information content (AvgIpc) is 3.47. The van der Waals surface area contributed by atoms with Crippen LogP contribution in [0.25, 0.3) is 16.3 Å². The molecule has 1 N–H and O–H groups in total. The standard InChI is InChI=1S/C23H16Cl2N4O2S/c1-13-19(22-27-21(28-31-22)18-6-3-11-32-18)20(14-4-2-5-16(25)12-14)26-23(30)29(13)17-9-7-15(24)8-10-17/h2-12,20H,1H3,(H,26,30). The second-order valence-corrected chi connectivity index (χ2v) is 8.97. The summed E-state index contributed by atoms with van der Waals surface area (Å²) >= 11 is 13.8. The third kappa shape index (κ3) is 3.79. The molecule has 2 amide bonds. The third-order valence-electron chi connectivity index (χ3n) is 5.15. The van der Waals surface area contributed by atoms with E-state index in [0.29, 0.717) is 38.7 Å². The fraction of sp³-hybridized carbons (Fsp3) is 0.0870. The van der Waals surface area contributed by atoms with Crippen LogP contribution in [0.1, 0.15) is 24.4 Å². The van der Waals surface area contributed by atoms with Gasteiger partial charge in [-0.15, -0.1) is 11.3 Å². The average molecular weight is 483 g/mol. The molecule has 2 aromatic carbocycles. The molecule has 2 aromatic heterocycles. The normalized spacial score (nSPS) is 16.4. The second-order valence-electron chi connectivity index (χ2n) is 7.15. The summed E-state index contributed by atoms with van der Waals surface area (Å²) < 4.78 is 5.67. The molecule has 0 radical (unpaired) electrons. The van der Waals surface area contributed by atoms with E-state index in [0.717, 1.165) is 10.4 Å². The Morgan fingerprint density at radius 1 is 1.06 bits per heavy atom. The Bertz CT molecular complexity index is 1320. The Morgan fingerprint density at radius 2 is 1.88 bits per heavy atom. The second kappa shape index (κ2) is 8.43. The molecule has 0 aliphatic carbocycles. The first-order valence-corrected chi connectivity index (χ1v) is 11.3. The van der Waals surface area contributed by atoms with Gasteiger partial charge in [0, 0.05) is 15.7 Å². The van der Waals surface area contributed by atoms with Gasteiger partial charge in [-0.2, -0.15) is 4.98 Å². The van der Waals surface area contributed by atoms with Crippen LogP contribution in [0.5, 0.6) is 0 Å². The summed E-state index contributed by atoms with van der Waals surface area (Å²) in [5.74, 6) is 0.824. The summed E-state index contributed by atoms with van der Waals surface area (Å²) in [6.45, 7) is 1.86.